The molecular formula is C27H26N2O3. The zero-order valence-electron chi connectivity index (χ0n) is 18.9. The van der Waals surface area contributed by atoms with Crippen LogP contribution in [0.1, 0.15) is 27.8 Å². The fourth-order valence-electron chi connectivity index (χ4n) is 4.08. The maximum Gasteiger partial charge on any atom is 0.282 e. The second-order valence-corrected chi connectivity index (χ2v) is 8.16. The van der Waals surface area contributed by atoms with Crippen molar-refractivity contribution in [2.75, 3.05) is 17.3 Å². The Balaban J connectivity index is 1.85. The predicted octanol–water partition coefficient (Wildman–Crippen LogP) is 5.33. The Bertz CT molecular complexity index is 1260. The normalized spacial score (nSPS) is 13.7. The topological polar surface area (TPSA) is 58.6 Å². The molecule has 0 atom stereocenters. The zero-order chi connectivity index (χ0) is 23.0. The molecule has 32 heavy (non-hydrogen) atoms. The summed E-state index contributed by atoms with van der Waals surface area (Å²) in [5.41, 5.74) is 6.68. The van der Waals surface area contributed by atoms with Gasteiger partial charge in [-0.25, -0.2) is 4.90 Å². The van der Waals surface area contributed by atoms with Crippen molar-refractivity contribution in [2.45, 2.75) is 27.7 Å². The molecule has 0 spiro atoms. The minimum absolute atomic E-state index is 0.270. The third kappa shape index (κ3) is 3.78. The first-order valence-corrected chi connectivity index (χ1v) is 10.5. The average Bonchev–Trinajstić information content (AvgIpc) is 2.99. The lowest BCUT2D eigenvalue weighted by Gasteiger charge is -2.18. The first-order chi connectivity index (χ1) is 15.3. The summed E-state index contributed by atoms with van der Waals surface area (Å²) in [5.74, 6) is 0.0162. The Kier molecular flexibility index (Phi) is 5.57. The fourth-order valence-corrected chi connectivity index (χ4v) is 4.08. The molecule has 1 aliphatic rings. The van der Waals surface area contributed by atoms with Crippen LogP contribution < -0.4 is 15.0 Å². The number of carbonyl (C=O) groups is 2. The number of ether oxygens (including phenoxy) is 1. The highest BCUT2D eigenvalue weighted by Crippen LogP contribution is 2.36. The van der Waals surface area contributed by atoms with E-state index in [0.717, 1.165) is 27.8 Å². The zero-order valence-corrected chi connectivity index (χ0v) is 18.9. The first kappa shape index (κ1) is 21.4. The molecule has 0 fully saturated rings. The molecular weight excluding hydrogens is 400 g/mol. The number of aryl methyl sites for hydroxylation is 4. The van der Waals surface area contributed by atoms with Gasteiger partial charge in [0, 0.05) is 5.69 Å². The number of benzene rings is 3. The lowest BCUT2D eigenvalue weighted by atomic mass is 9.97. The van der Waals surface area contributed by atoms with E-state index in [2.05, 4.69) is 5.32 Å². The van der Waals surface area contributed by atoms with Crippen molar-refractivity contribution < 1.29 is 14.3 Å². The van der Waals surface area contributed by atoms with E-state index >= 15 is 0 Å². The van der Waals surface area contributed by atoms with Crippen LogP contribution in [-0.4, -0.2) is 18.9 Å². The van der Waals surface area contributed by atoms with Crippen molar-refractivity contribution in [1.82, 2.24) is 0 Å². The first-order valence-electron chi connectivity index (χ1n) is 10.5. The molecule has 0 aliphatic carbocycles. The minimum atomic E-state index is -0.368. The summed E-state index contributed by atoms with van der Waals surface area (Å²) in [5, 5.41) is 3.21. The molecule has 0 bridgehead atoms. The number of hydrogen-bond donors (Lipinski definition) is 1. The number of imide groups is 1. The standard InChI is InChI=1S/C27H26N2O3/c1-16-6-12-22(18(3)14-16)24-25(28-20-8-10-21(32-5)11-9-20)27(31)29(26(24)30)23-13-7-17(2)15-19(23)4/h6-15,28H,1-5H3. The molecule has 4 rings (SSSR count). The van der Waals surface area contributed by atoms with Gasteiger partial charge in [0.05, 0.1) is 18.4 Å². The number of amides is 2. The van der Waals surface area contributed by atoms with Crippen LogP contribution in [-0.2, 0) is 9.59 Å². The Morgan fingerprint density at radius 3 is 1.97 bits per heavy atom. The third-order valence-corrected chi connectivity index (χ3v) is 5.69. The van der Waals surface area contributed by atoms with Crippen molar-refractivity contribution >= 4 is 28.8 Å². The molecule has 0 radical (unpaired) electrons. The van der Waals surface area contributed by atoms with Crippen molar-refractivity contribution in [3.63, 3.8) is 0 Å². The summed E-state index contributed by atoms with van der Waals surface area (Å²) >= 11 is 0. The quantitative estimate of drug-likeness (QED) is 0.561. The van der Waals surface area contributed by atoms with Crippen molar-refractivity contribution in [2.24, 2.45) is 0 Å². The SMILES string of the molecule is COc1ccc(NC2=C(c3ccc(C)cc3C)C(=O)N(c3ccc(C)cc3C)C2=O)cc1. The number of anilines is 2. The Morgan fingerprint density at radius 1 is 0.750 bits per heavy atom. The van der Waals surface area contributed by atoms with Gasteiger partial charge in [-0.2, -0.15) is 0 Å². The molecule has 1 heterocycles. The average molecular weight is 427 g/mol. The van der Waals surface area contributed by atoms with E-state index in [9.17, 15) is 9.59 Å². The van der Waals surface area contributed by atoms with Crippen LogP contribution in [0.25, 0.3) is 5.57 Å². The molecule has 1 N–H and O–H groups in total. The summed E-state index contributed by atoms with van der Waals surface area (Å²) in [6.45, 7) is 7.86. The number of hydrogen-bond acceptors (Lipinski definition) is 4. The molecule has 162 valence electrons. The van der Waals surface area contributed by atoms with Gasteiger partial charge in [-0.05, 0) is 74.7 Å². The summed E-state index contributed by atoms with van der Waals surface area (Å²) < 4.78 is 5.22. The maximum atomic E-state index is 13.7. The fraction of sp³-hybridized carbons (Fsp3) is 0.185. The maximum absolute atomic E-state index is 13.7. The molecule has 3 aromatic carbocycles. The molecule has 0 saturated heterocycles. The van der Waals surface area contributed by atoms with E-state index in [1.807, 2.05) is 88.4 Å². The van der Waals surface area contributed by atoms with Crippen molar-refractivity contribution in [3.05, 3.63) is 94.2 Å². The second kappa shape index (κ2) is 8.35. The van der Waals surface area contributed by atoms with Crippen LogP contribution in [0.3, 0.4) is 0 Å². The molecule has 1 aliphatic heterocycles. The third-order valence-electron chi connectivity index (χ3n) is 5.69. The van der Waals surface area contributed by atoms with Crippen LogP contribution in [0, 0.1) is 27.7 Å². The summed E-state index contributed by atoms with van der Waals surface area (Å²) in [6.07, 6.45) is 0. The molecule has 0 unspecified atom stereocenters. The molecule has 5 nitrogen and oxygen atoms in total. The number of carbonyl (C=O) groups excluding carboxylic acids is 2. The summed E-state index contributed by atoms with van der Waals surface area (Å²) in [7, 11) is 1.60. The van der Waals surface area contributed by atoms with E-state index in [4.69, 9.17) is 4.74 Å². The minimum Gasteiger partial charge on any atom is -0.497 e. The van der Waals surface area contributed by atoms with Gasteiger partial charge in [0.1, 0.15) is 11.4 Å². The van der Waals surface area contributed by atoms with Gasteiger partial charge in [0.2, 0.25) is 0 Å². The molecule has 2 amide bonds. The molecule has 5 heteroatoms. The lowest BCUT2D eigenvalue weighted by Crippen LogP contribution is -2.33. The predicted molar refractivity (Wildman–Crippen MR) is 128 cm³/mol. The van der Waals surface area contributed by atoms with E-state index in [-0.39, 0.29) is 17.5 Å². The number of nitrogens with one attached hydrogen (secondary N) is 1. The van der Waals surface area contributed by atoms with Crippen LogP contribution >= 0.6 is 0 Å². The van der Waals surface area contributed by atoms with Gasteiger partial charge in [0.15, 0.2) is 0 Å². The number of rotatable bonds is 5. The highest BCUT2D eigenvalue weighted by Gasteiger charge is 2.41. The van der Waals surface area contributed by atoms with Gasteiger partial charge in [-0.3, -0.25) is 9.59 Å². The summed E-state index contributed by atoms with van der Waals surface area (Å²) in [4.78, 5) is 28.6. The highest BCUT2D eigenvalue weighted by atomic mass is 16.5. The van der Waals surface area contributed by atoms with Gasteiger partial charge in [-0.1, -0.05) is 41.5 Å². The van der Waals surface area contributed by atoms with Crippen LogP contribution in [0.15, 0.2) is 66.4 Å². The molecule has 3 aromatic rings. The number of nitrogens with zero attached hydrogens (tertiary/aromatic N) is 1. The second-order valence-electron chi connectivity index (χ2n) is 8.16. The van der Waals surface area contributed by atoms with Gasteiger partial charge < -0.3 is 10.1 Å². The molecule has 0 saturated carbocycles. The van der Waals surface area contributed by atoms with E-state index < -0.39 is 0 Å². The van der Waals surface area contributed by atoms with E-state index in [1.165, 1.54) is 4.90 Å². The largest absolute Gasteiger partial charge is 0.497 e. The Labute approximate surface area is 188 Å². The van der Waals surface area contributed by atoms with E-state index in [1.54, 1.807) is 7.11 Å². The van der Waals surface area contributed by atoms with Gasteiger partial charge in [-0.15, -0.1) is 0 Å². The Hall–Kier alpha value is -3.86. The van der Waals surface area contributed by atoms with E-state index in [0.29, 0.717) is 22.7 Å². The van der Waals surface area contributed by atoms with Gasteiger partial charge in [0.25, 0.3) is 11.8 Å². The lowest BCUT2D eigenvalue weighted by molar-refractivity contribution is -0.120. The van der Waals surface area contributed by atoms with Crippen LogP contribution in [0.4, 0.5) is 11.4 Å². The van der Waals surface area contributed by atoms with Crippen LogP contribution in [0.2, 0.25) is 0 Å². The van der Waals surface area contributed by atoms with Crippen molar-refractivity contribution in [3.8, 4) is 5.75 Å². The monoisotopic (exact) mass is 426 g/mol. The Morgan fingerprint density at radius 2 is 1.38 bits per heavy atom. The molecule has 0 aromatic heterocycles. The van der Waals surface area contributed by atoms with Crippen LogP contribution in [0.5, 0.6) is 5.75 Å². The number of methoxy groups -OCH3 is 1. The summed E-state index contributed by atoms with van der Waals surface area (Å²) in [6, 6.07) is 18.9. The highest BCUT2D eigenvalue weighted by molar-refractivity contribution is 6.46. The van der Waals surface area contributed by atoms with Gasteiger partial charge >= 0.3 is 0 Å². The smallest absolute Gasteiger partial charge is 0.282 e. The van der Waals surface area contributed by atoms with Crippen molar-refractivity contribution in [1.29, 1.82) is 0 Å².